The molecule has 0 spiro atoms. The monoisotopic (exact) mass is 450 g/mol. The maximum absolute atomic E-state index is 12.8. The van der Waals surface area contributed by atoms with Crippen LogP contribution in [0.5, 0.6) is 0 Å². The van der Waals surface area contributed by atoms with Crippen molar-refractivity contribution in [3.8, 4) is 0 Å². The van der Waals surface area contributed by atoms with E-state index in [-0.39, 0.29) is 40.4 Å². The lowest BCUT2D eigenvalue weighted by Gasteiger charge is -2.13. The average Bonchev–Trinajstić information content (AvgIpc) is 3.51. The summed E-state index contributed by atoms with van der Waals surface area (Å²) in [5.41, 5.74) is -0.772. The Morgan fingerprint density at radius 2 is 2.00 bits per heavy atom. The molecule has 0 bridgehead atoms. The third kappa shape index (κ3) is 4.40. The molecule has 4 rings (SSSR count). The van der Waals surface area contributed by atoms with Crippen molar-refractivity contribution in [2.75, 3.05) is 17.7 Å². The summed E-state index contributed by atoms with van der Waals surface area (Å²) in [6.07, 6.45) is 0.385. The van der Waals surface area contributed by atoms with Gasteiger partial charge in [-0.3, -0.25) is 9.36 Å². The normalized spacial score (nSPS) is 13.8. The molecule has 0 unspecified atom stereocenters. The van der Waals surface area contributed by atoms with Crippen LogP contribution in [-0.2, 0) is 16.1 Å². The van der Waals surface area contributed by atoms with Crippen LogP contribution in [0.2, 0.25) is 0 Å². The van der Waals surface area contributed by atoms with Crippen LogP contribution in [-0.4, -0.2) is 44.1 Å². The molecule has 0 atom stereocenters. The summed E-state index contributed by atoms with van der Waals surface area (Å²) in [6, 6.07) is 2.62. The number of methoxy groups -OCH3 is 1. The SMILES string of the molecule is COC(=O)c1cnc(NC(=O)C2CC2)cc1Nc1cnc2ccn(CC(F)(F)F)c(=O)n12. The van der Waals surface area contributed by atoms with Gasteiger partial charge in [0, 0.05) is 24.4 Å². The van der Waals surface area contributed by atoms with Gasteiger partial charge in [-0.25, -0.2) is 24.0 Å². The van der Waals surface area contributed by atoms with Gasteiger partial charge in [-0.2, -0.15) is 13.2 Å². The topological polar surface area (TPSA) is 120 Å². The van der Waals surface area contributed by atoms with Crippen molar-refractivity contribution in [2.24, 2.45) is 5.92 Å². The second kappa shape index (κ2) is 7.98. The molecule has 1 saturated carbocycles. The Balaban J connectivity index is 1.73. The second-order valence-corrected chi connectivity index (χ2v) is 7.17. The third-order valence-corrected chi connectivity index (χ3v) is 4.75. The summed E-state index contributed by atoms with van der Waals surface area (Å²) in [4.78, 5) is 44.9. The summed E-state index contributed by atoms with van der Waals surface area (Å²) in [5.74, 6) is -0.875. The minimum atomic E-state index is -4.59. The molecule has 32 heavy (non-hydrogen) atoms. The van der Waals surface area contributed by atoms with Crippen molar-refractivity contribution >= 4 is 34.8 Å². The highest BCUT2D eigenvalue weighted by molar-refractivity contribution is 5.98. The van der Waals surface area contributed by atoms with Gasteiger partial charge in [0.2, 0.25) is 5.91 Å². The first-order valence-electron chi connectivity index (χ1n) is 9.46. The van der Waals surface area contributed by atoms with E-state index < -0.39 is 24.4 Å². The largest absolute Gasteiger partial charge is 0.465 e. The van der Waals surface area contributed by atoms with Gasteiger partial charge in [-0.15, -0.1) is 0 Å². The predicted molar refractivity (Wildman–Crippen MR) is 106 cm³/mol. The van der Waals surface area contributed by atoms with Crippen LogP contribution in [0, 0.1) is 5.92 Å². The van der Waals surface area contributed by atoms with Crippen LogP contribution >= 0.6 is 0 Å². The number of rotatable bonds is 6. The average molecular weight is 450 g/mol. The van der Waals surface area contributed by atoms with E-state index in [4.69, 9.17) is 4.74 Å². The molecule has 168 valence electrons. The van der Waals surface area contributed by atoms with Gasteiger partial charge in [0.15, 0.2) is 0 Å². The van der Waals surface area contributed by atoms with E-state index in [1.54, 1.807) is 0 Å². The highest BCUT2D eigenvalue weighted by Gasteiger charge is 2.30. The minimum absolute atomic E-state index is 0.0114. The molecule has 3 aromatic heterocycles. The Morgan fingerprint density at radius 3 is 2.66 bits per heavy atom. The van der Waals surface area contributed by atoms with Crippen molar-refractivity contribution in [1.29, 1.82) is 0 Å². The summed E-state index contributed by atoms with van der Waals surface area (Å²) < 4.78 is 44.5. The molecular formula is C19H17F3N6O4. The molecule has 1 amide bonds. The Hall–Kier alpha value is -3.90. The van der Waals surface area contributed by atoms with Crippen LogP contribution < -0.4 is 16.3 Å². The number of carbonyl (C=O) groups is 2. The fourth-order valence-electron chi connectivity index (χ4n) is 3.05. The van der Waals surface area contributed by atoms with Crippen molar-refractivity contribution < 1.29 is 27.5 Å². The zero-order valence-corrected chi connectivity index (χ0v) is 16.6. The number of nitrogens with one attached hydrogen (secondary N) is 2. The molecule has 0 saturated heterocycles. The van der Waals surface area contributed by atoms with Crippen molar-refractivity contribution in [3.05, 3.63) is 46.8 Å². The molecule has 1 aliphatic rings. The molecule has 2 N–H and O–H groups in total. The van der Waals surface area contributed by atoms with E-state index in [1.165, 1.54) is 31.6 Å². The lowest BCUT2D eigenvalue weighted by atomic mass is 10.2. The first kappa shape index (κ1) is 21.3. The Kier molecular flexibility index (Phi) is 5.32. The molecule has 0 aromatic carbocycles. The number of anilines is 3. The van der Waals surface area contributed by atoms with Gasteiger partial charge in [-0.05, 0) is 18.9 Å². The maximum Gasteiger partial charge on any atom is 0.406 e. The van der Waals surface area contributed by atoms with E-state index >= 15 is 0 Å². The van der Waals surface area contributed by atoms with E-state index in [1.807, 2.05) is 0 Å². The quantitative estimate of drug-likeness (QED) is 0.553. The van der Waals surface area contributed by atoms with Crippen LogP contribution in [0.1, 0.15) is 23.2 Å². The van der Waals surface area contributed by atoms with Crippen molar-refractivity contribution in [1.82, 2.24) is 18.9 Å². The minimum Gasteiger partial charge on any atom is -0.465 e. The molecule has 3 aromatic rings. The van der Waals surface area contributed by atoms with Gasteiger partial charge in [0.25, 0.3) is 0 Å². The van der Waals surface area contributed by atoms with Gasteiger partial charge in [-0.1, -0.05) is 0 Å². The van der Waals surface area contributed by atoms with Gasteiger partial charge in [0.1, 0.15) is 29.4 Å². The van der Waals surface area contributed by atoms with E-state index in [2.05, 4.69) is 20.6 Å². The number of ether oxygens (including phenoxy) is 1. The number of amides is 1. The maximum atomic E-state index is 12.8. The van der Waals surface area contributed by atoms with Crippen molar-refractivity contribution in [2.45, 2.75) is 25.6 Å². The zero-order chi connectivity index (χ0) is 23.0. The molecule has 13 heteroatoms. The molecule has 3 heterocycles. The van der Waals surface area contributed by atoms with Crippen LogP contribution in [0.25, 0.3) is 5.65 Å². The van der Waals surface area contributed by atoms with Gasteiger partial charge in [0.05, 0.1) is 19.0 Å². The summed E-state index contributed by atoms with van der Waals surface area (Å²) in [7, 11) is 1.17. The highest BCUT2D eigenvalue weighted by Crippen LogP contribution is 2.31. The number of pyridine rings is 1. The third-order valence-electron chi connectivity index (χ3n) is 4.75. The summed E-state index contributed by atoms with van der Waals surface area (Å²) >= 11 is 0. The number of esters is 1. The van der Waals surface area contributed by atoms with Crippen LogP contribution in [0.3, 0.4) is 0 Å². The predicted octanol–water partition coefficient (Wildman–Crippen LogP) is 2.33. The smallest absolute Gasteiger partial charge is 0.406 e. The summed E-state index contributed by atoms with van der Waals surface area (Å²) in [6.45, 7) is -1.47. The van der Waals surface area contributed by atoms with Gasteiger partial charge < -0.3 is 15.4 Å². The van der Waals surface area contributed by atoms with Gasteiger partial charge >= 0.3 is 17.8 Å². The van der Waals surface area contributed by atoms with Crippen LogP contribution in [0.15, 0.2) is 35.5 Å². The van der Waals surface area contributed by atoms with Crippen LogP contribution in [0.4, 0.5) is 30.5 Å². The first-order chi connectivity index (χ1) is 15.2. The number of carbonyl (C=O) groups excluding carboxylic acids is 2. The standard InChI is InChI=1S/C19H17F3N6O4/c1-32-17(30)11-7-23-13(26-16(29)10-2-3-10)6-12(11)25-15-8-24-14-4-5-27(9-19(20,21)22)18(31)28(14)15/h4-8,10H,2-3,9H2,1H3,(H2,23,25,26,29). The fourth-order valence-corrected chi connectivity index (χ4v) is 3.05. The Morgan fingerprint density at radius 1 is 1.25 bits per heavy atom. The molecule has 0 aliphatic heterocycles. The molecular weight excluding hydrogens is 433 g/mol. The summed E-state index contributed by atoms with van der Waals surface area (Å²) in [5, 5.41) is 5.45. The van der Waals surface area contributed by atoms with Crippen molar-refractivity contribution in [3.63, 3.8) is 0 Å². The number of nitrogens with zero attached hydrogens (tertiary/aromatic N) is 4. The second-order valence-electron chi connectivity index (χ2n) is 7.17. The molecule has 1 fully saturated rings. The highest BCUT2D eigenvalue weighted by atomic mass is 19.4. The number of alkyl halides is 3. The van der Waals surface area contributed by atoms with E-state index in [0.717, 1.165) is 23.4 Å². The number of hydrogen-bond donors (Lipinski definition) is 2. The number of halogens is 3. The molecule has 1 aliphatic carbocycles. The molecule has 10 nitrogen and oxygen atoms in total. The first-order valence-corrected chi connectivity index (χ1v) is 9.46. The lowest BCUT2D eigenvalue weighted by molar-refractivity contribution is -0.141. The zero-order valence-electron chi connectivity index (χ0n) is 16.6. The molecule has 0 radical (unpaired) electrons. The fraction of sp³-hybridized carbons (Fsp3) is 0.316. The van der Waals surface area contributed by atoms with E-state index in [0.29, 0.717) is 4.57 Å². The number of aromatic nitrogens is 4. The van der Waals surface area contributed by atoms with E-state index in [9.17, 15) is 27.6 Å². The Labute approximate surface area is 178 Å². The number of imidazole rings is 1. The Bertz CT molecular complexity index is 1260. The number of hydrogen-bond acceptors (Lipinski definition) is 7. The number of fused-ring (bicyclic) bond motifs is 1. The lowest BCUT2D eigenvalue weighted by Crippen LogP contribution is -2.32.